The second-order valence-electron chi connectivity index (χ2n) is 6.06. The van der Waals surface area contributed by atoms with Gasteiger partial charge in [0.2, 0.25) is 0 Å². The van der Waals surface area contributed by atoms with Crippen molar-refractivity contribution in [2.75, 3.05) is 13.2 Å². The third kappa shape index (κ3) is 2.63. The van der Waals surface area contributed by atoms with E-state index in [1.165, 1.54) is 0 Å². The number of carbonyl (C=O) groups excluding carboxylic acids is 2. The molecule has 2 aliphatic rings. The zero-order valence-electron chi connectivity index (χ0n) is 14.7. The molecule has 1 unspecified atom stereocenters. The van der Waals surface area contributed by atoms with E-state index in [-0.39, 0.29) is 51.1 Å². The molecule has 1 spiro atoms. The molecule has 0 radical (unpaired) electrons. The molecule has 1 aliphatic heterocycles. The summed E-state index contributed by atoms with van der Waals surface area (Å²) in [5, 5.41) is 0. The van der Waals surface area contributed by atoms with Crippen molar-refractivity contribution in [2.24, 2.45) is 11.3 Å². The SMILES string of the molecule is [2H]CC1CC(C(=O)OCC)(C(=O)OCC)CC12O[C@@H](C)[C@H](C)O2. The first-order valence-electron chi connectivity index (χ1n) is 8.55. The van der Waals surface area contributed by atoms with Gasteiger partial charge < -0.3 is 18.9 Å². The van der Waals surface area contributed by atoms with Crippen molar-refractivity contribution >= 4 is 11.9 Å². The second kappa shape index (κ2) is 6.16. The molecule has 0 aromatic carbocycles. The number of rotatable bonds is 4. The van der Waals surface area contributed by atoms with Crippen LogP contribution in [0.4, 0.5) is 0 Å². The molecule has 1 heterocycles. The monoisotopic (exact) mass is 315 g/mol. The van der Waals surface area contributed by atoms with E-state index >= 15 is 0 Å². The molecule has 3 atom stereocenters. The van der Waals surface area contributed by atoms with Crippen LogP contribution in [0.25, 0.3) is 0 Å². The van der Waals surface area contributed by atoms with Gasteiger partial charge in [-0.15, -0.1) is 0 Å². The van der Waals surface area contributed by atoms with Crippen LogP contribution in [0.1, 0.15) is 48.8 Å². The Bertz CT molecular complexity index is 437. The minimum Gasteiger partial charge on any atom is -0.465 e. The molecule has 0 amide bonds. The van der Waals surface area contributed by atoms with Gasteiger partial charge in [-0.2, -0.15) is 0 Å². The summed E-state index contributed by atoms with van der Waals surface area (Å²) in [6.45, 7) is 7.50. The largest absolute Gasteiger partial charge is 0.465 e. The fraction of sp³-hybridized carbons (Fsp3) is 0.875. The Morgan fingerprint density at radius 2 is 1.64 bits per heavy atom. The normalized spacial score (nSPS) is 32.7. The summed E-state index contributed by atoms with van der Waals surface area (Å²) in [6, 6.07) is 0. The molecule has 1 saturated heterocycles. The molecule has 6 heteroatoms. The minimum absolute atomic E-state index is 0.000000000000000222. The molecule has 6 nitrogen and oxygen atoms in total. The molecule has 2 fully saturated rings. The highest BCUT2D eigenvalue weighted by molar-refractivity contribution is 6.00. The molecule has 0 bridgehead atoms. The van der Waals surface area contributed by atoms with E-state index in [4.69, 9.17) is 20.3 Å². The second-order valence-corrected chi connectivity index (χ2v) is 6.06. The Balaban J connectivity index is 2.37. The molecule has 1 saturated carbocycles. The zero-order valence-corrected chi connectivity index (χ0v) is 13.7. The molecule has 0 aromatic heterocycles. The Morgan fingerprint density at radius 3 is 2.05 bits per heavy atom. The summed E-state index contributed by atoms with van der Waals surface area (Å²) in [5.74, 6) is -2.72. The van der Waals surface area contributed by atoms with Gasteiger partial charge in [0.1, 0.15) is 0 Å². The lowest BCUT2D eigenvalue weighted by Crippen LogP contribution is -2.42. The summed E-state index contributed by atoms with van der Waals surface area (Å²) in [7, 11) is 0. The van der Waals surface area contributed by atoms with Gasteiger partial charge >= 0.3 is 11.9 Å². The Morgan fingerprint density at radius 1 is 1.14 bits per heavy atom. The van der Waals surface area contributed by atoms with Gasteiger partial charge in [0, 0.05) is 13.7 Å². The quantitative estimate of drug-likeness (QED) is 0.584. The van der Waals surface area contributed by atoms with Gasteiger partial charge in [0.15, 0.2) is 11.2 Å². The maximum atomic E-state index is 12.6. The van der Waals surface area contributed by atoms with E-state index in [1.807, 2.05) is 13.8 Å². The van der Waals surface area contributed by atoms with Gasteiger partial charge in [0.25, 0.3) is 0 Å². The van der Waals surface area contributed by atoms with Crippen LogP contribution in [0.15, 0.2) is 0 Å². The molecule has 0 aromatic rings. The topological polar surface area (TPSA) is 71.1 Å². The lowest BCUT2D eigenvalue weighted by Gasteiger charge is -2.29. The van der Waals surface area contributed by atoms with Crippen LogP contribution >= 0.6 is 0 Å². The van der Waals surface area contributed by atoms with Crippen molar-refractivity contribution in [1.82, 2.24) is 0 Å². The predicted octanol–water partition coefficient (Wildman–Crippen LogP) is 2.05. The van der Waals surface area contributed by atoms with Crippen molar-refractivity contribution in [2.45, 2.75) is 65.4 Å². The minimum atomic E-state index is -1.46. The number of hydrogen-bond donors (Lipinski definition) is 0. The fourth-order valence-corrected chi connectivity index (χ4v) is 3.27. The molecular weight excluding hydrogens is 288 g/mol. The van der Waals surface area contributed by atoms with Crippen molar-refractivity contribution in [3.63, 3.8) is 0 Å². The third-order valence-electron chi connectivity index (χ3n) is 4.53. The molecule has 22 heavy (non-hydrogen) atoms. The van der Waals surface area contributed by atoms with Crippen molar-refractivity contribution in [3.8, 4) is 0 Å². The number of hydrogen-bond acceptors (Lipinski definition) is 6. The highest BCUT2D eigenvalue weighted by atomic mass is 16.8. The summed E-state index contributed by atoms with van der Waals surface area (Å²) < 4.78 is 30.0. The molecule has 1 aliphatic carbocycles. The number of ether oxygens (including phenoxy) is 4. The Kier molecular flexibility index (Phi) is 4.41. The van der Waals surface area contributed by atoms with Crippen LogP contribution in [0, 0.1) is 11.3 Å². The Hall–Kier alpha value is -1.14. The number of carbonyl (C=O) groups is 2. The summed E-state index contributed by atoms with van der Waals surface area (Å²) in [4.78, 5) is 25.1. The lowest BCUT2D eigenvalue weighted by molar-refractivity contribution is -0.202. The van der Waals surface area contributed by atoms with Crippen LogP contribution in [0.2, 0.25) is 0 Å². The van der Waals surface area contributed by atoms with Crippen LogP contribution in [-0.2, 0) is 28.5 Å². The first-order chi connectivity index (χ1) is 10.8. The standard InChI is InChI=1S/C16H26O6/c1-6-19-13(17)15(14(18)20-7-2)8-10(3)16(9-15)21-11(4)12(5)22-16/h10-12H,6-9H2,1-5H3/t10?,11-,12-/m0/s1/i3D. The first kappa shape index (κ1) is 15.7. The van der Waals surface area contributed by atoms with Crippen molar-refractivity contribution in [3.05, 3.63) is 0 Å². The van der Waals surface area contributed by atoms with Gasteiger partial charge in [0.05, 0.1) is 25.4 Å². The van der Waals surface area contributed by atoms with Gasteiger partial charge in [-0.3, -0.25) is 9.59 Å². The van der Waals surface area contributed by atoms with Crippen LogP contribution in [-0.4, -0.2) is 43.1 Å². The van der Waals surface area contributed by atoms with E-state index in [2.05, 4.69) is 0 Å². The van der Waals surface area contributed by atoms with E-state index in [0.717, 1.165) is 0 Å². The highest BCUT2D eigenvalue weighted by Crippen LogP contribution is 2.55. The van der Waals surface area contributed by atoms with Crippen LogP contribution in [0.5, 0.6) is 0 Å². The van der Waals surface area contributed by atoms with Gasteiger partial charge in [-0.25, -0.2) is 0 Å². The smallest absolute Gasteiger partial charge is 0.323 e. The van der Waals surface area contributed by atoms with Gasteiger partial charge in [-0.05, 0) is 34.1 Å². The average molecular weight is 315 g/mol. The lowest BCUT2D eigenvalue weighted by atomic mass is 9.85. The molecular formula is C16H26O6. The molecule has 126 valence electrons. The highest BCUT2D eigenvalue weighted by Gasteiger charge is 2.66. The average Bonchev–Trinajstić information content (AvgIpc) is 2.97. The zero-order chi connectivity index (χ0) is 17.3. The predicted molar refractivity (Wildman–Crippen MR) is 77.9 cm³/mol. The van der Waals surface area contributed by atoms with E-state index in [1.54, 1.807) is 13.8 Å². The first-order valence-corrected chi connectivity index (χ1v) is 7.84. The molecule has 0 N–H and O–H groups in total. The summed E-state index contributed by atoms with van der Waals surface area (Å²) >= 11 is 0. The van der Waals surface area contributed by atoms with Gasteiger partial charge in [-0.1, -0.05) is 6.90 Å². The maximum absolute atomic E-state index is 12.6. The number of esters is 2. The summed E-state index contributed by atoms with van der Waals surface area (Å²) in [5.41, 5.74) is -1.46. The fourth-order valence-electron chi connectivity index (χ4n) is 3.27. The summed E-state index contributed by atoms with van der Waals surface area (Å²) in [6.07, 6.45) is -0.141. The van der Waals surface area contributed by atoms with Crippen LogP contribution < -0.4 is 0 Å². The maximum Gasteiger partial charge on any atom is 0.323 e. The van der Waals surface area contributed by atoms with Crippen LogP contribution in [0.3, 0.4) is 0 Å². The molecule has 2 rings (SSSR count). The third-order valence-corrected chi connectivity index (χ3v) is 4.53. The van der Waals surface area contributed by atoms with E-state index in [9.17, 15) is 9.59 Å². The van der Waals surface area contributed by atoms with Crippen molar-refractivity contribution in [1.29, 1.82) is 0 Å². The van der Waals surface area contributed by atoms with E-state index in [0.29, 0.717) is 0 Å². The van der Waals surface area contributed by atoms with E-state index < -0.39 is 23.1 Å². The Labute approximate surface area is 132 Å². The van der Waals surface area contributed by atoms with Crippen molar-refractivity contribution < 1.29 is 29.9 Å².